The molecule has 29 heavy (non-hydrogen) atoms. The maximum absolute atomic E-state index is 13.2. The number of rotatable bonds is 20. The van der Waals surface area contributed by atoms with E-state index in [9.17, 15) is 9.36 Å². The van der Waals surface area contributed by atoms with Crippen molar-refractivity contribution in [3.05, 3.63) is 12.2 Å². The number of esters is 1. The van der Waals surface area contributed by atoms with Crippen molar-refractivity contribution in [3.8, 4) is 0 Å². The second-order valence-electron chi connectivity index (χ2n) is 7.47. The number of methoxy groups -OCH3 is 1. The summed E-state index contributed by atoms with van der Waals surface area (Å²) in [6, 6.07) is 0. The molecule has 0 aromatic rings. The van der Waals surface area contributed by atoms with Gasteiger partial charge in [0.15, 0.2) is 0 Å². The van der Waals surface area contributed by atoms with Gasteiger partial charge in [0.05, 0.1) is 26.0 Å². The number of ether oxygens (including phenoxy) is 1. The van der Waals surface area contributed by atoms with Crippen LogP contribution in [0, 0.1) is 0 Å². The first kappa shape index (κ1) is 28.4. The molecule has 0 aromatic heterocycles. The van der Waals surface area contributed by atoms with Crippen molar-refractivity contribution in [2.24, 2.45) is 0 Å². The van der Waals surface area contributed by atoms with Gasteiger partial charge in [-0.05, 0) is 46.0 Å². The van der Waals surface area contributed by atoms with E-state index < -0.39 is 7.60 Å². The molecule has 0 saturated carbocycles. The molecule has 0 spiro atoms. The van der Waals surface area contributed by atoms with Crippen LogP contribution in [0.25, 0.3) is 0 Å². The second kappa shape index (κ2) is 19.3. The van der Waals surface area contributed by atoms with Gasteiger partial charge in [-0.15, -0.1) is 0 Å². The average molecular weight is 433 g/mol. The average Bonchev–Trinajstić information content (AvgIpc) is 2.70. The molecule has 0 heterocycles. The van der Waals surface area contributed by atoms with Crippen molar-refractivity contribution in [3.63, 3.8) is 0 Å². The number of allylic oxidation sites excluding steroid dienone is 2. The van der Waals surface area contributed by atoms with Gasteiger partial charge in [0, 0.05) is 6.42 Å². The number of carbonyl (C=O) groups excluding carboxylic acids is 1. The Kier molecular flexibility index (Phi) is 18.9. The predicted molar refractivity (Wildman–Crippen MR) is 121 cm³/mol. The van der Waals surface area contributed by atoms with E-state index >= 15 is 0 Å². The minimum absolute atomic E-state index is 0.0474. The van der Waals surface area contributed by atoms with Crippen molar-refractivity contribution in [2.75, 3.05) is 20.3 Å². The van der Waals surface area contributed by atoms with Gasteiger partial charge < -0.3 is 13.8 Å². The molecule has 0 fully saturated rings. The van der Waals surface area contributed by atoms with Crippen molar-refractivity contribution < 1.29 is 23.1 Å². The highest BCUT2D eigenvalue weighted by Crippen LogP contribution is 2.56. The highest BCUT2D eigenvalue weighted by atomic mass is 31.2. The highest BCUT2D eigenvalue weighted by Gasteiger charge is 2.33. The van der Waals surface area contributed by atoms with E-state index in [0.717, 1.165) is 51.4 Å². The second-order valence-corrected chi connectivity index (χ2v) is 9.79. The van der Waals surface area contributed by atoms with E-state index in [1.807, 2.05) is 13.8 Å². The molecule has 0 saturated heterocycles. The van der Waals surface area contributed by atoms with Gasteiger partial charge in [0.2, 0.25) is 0 Å². The summed E-state index contributed by atoms with van der Waals surface area (Å²) < 4.78 is 29.1. The molecule has 172 valence electrons. The largest absolute Gasteiger partial charge is 0.469 e. The Morgan fingerprint density at radius 3 is 2.10 bits per heavy atom. The third kappa shape index (κ3) is 14.9. The Morgan fingerprint density at radius 1 is 0.862 bits per heavy atom. The summed E-state index contributed by atoms with van der Waals surface area (Å²) in [6.07, 6.45) is 17.7. The van der Waals surface area contributed by atoms with E-state index in [1.54, 1.807) is 0 Å². The topological polar surface area (TPSA) is 61.8 Å². The molecular weight excluding hydrogens is 387 g/mol. The van der Waals surface area contributed by atoms with Gasteiger partial charge in [-0.3, -0.25) is 9.36 Å². The predicted octanol–water partition coefficient (Wildman–Crippen LogP) is 7.44. The third-order valence-electron chi connectivity index (χ3n) is 5.01. The first-order valence-electron chi connectivity index (χ1n) is 11.6. The zero-order valence-corrected chi connectivity index (χ0v) is 20.2. The maximum atomic E-state index is 13.2. The lowest BCUT2D eigenvalue weighted by Gasteiger charge is -2.25. The number of carbonyl (C=O) groups is 1. The molecule has 0 N–H and O–H groups in total. The first-order chi connectivity index (χ1) is 14.0. The van der Waals surface area contributed by atoms with Crippen LogP contribution in [-0.2, 0) is 23.1 Å². The van der Waals surface area contributed by atoms with Crippen LogP contribution < -0.4 is 0 Å². The van der Waals surface area contributed by atoms with E-state index in [0.29, 0.717) is 19.6 Å². The van der Waals surface area contributed by atoms with Crippen molar-refractivity contribution in [1.82, 2.24) is 0 Å². The van der Waals surface area contributed by atoms with Gasteiger partial charge in [-0.2, -0.15) is 0 Å². The Labute approximate surface area is 179 Å². The molecule has 0 rings (SSSR count). The Morgan fingerprint density at radius 2 is 1.48 bits per heavy atom. The van der Waals surface area contributed by atoms with Gasteiger partial charge >= 0.3 is 13.6 Å². The summed E-state index contributed by atoms with van der Waals surface area (Å²) in [5.41, 5.74) is -0.0474. The van der Waals surface area contributed by atoms with Crippen LogP contribution >= 0.6 is 7.60 Å². The van der Waals surface area contributed by atoms with Crippen molar-refractivity contribution in [1.29, 1.82) is 0 Å². The fourth-order valence-electron chi connectivity index (χ4n) is 3.35. The lowest BCUT2D eigenvalue weighted by Crippen LogP contribution is -2.13. The van der Waals surface area contributed by atoms with Crippen LogP contribution in [0.5, 0.6) is 0 Å². The Bertz CT molecular complexity index is 454. The quantitative estimate of drug-likeness (QED) is 0.0865. The Hall–Kier alpha value is -0.640. The van der Waals surface area contributed by atoms with Crippen LogP contribution in [0.2, 0.25) is 0 Å². The molecule has 0 aliphatic heterocycles. The van der Waals surface area contributed by atoms with Gasteiger partial charge in [0.1, 0.15) is 0 Å². The first-order valence-corrected chi connectivity index (χ1v) is 13.3. The summed E-state index contributed by atoms with van der Waals surface area (Å²) >= 11 is 0. The monoisotopic (exact) mass is 432 g/mol. The van der Waals surface area contributed by atoms with Crippen LogP contribution in [0.1, 0.15) is 104 Å². The van der Waals surface area contributed by atoms with Crippen LogP contribution in [0.3, 0.4) is 0 Å². The molecule has 6 heteroatoms. The zero-order chi connectivity index (χ0) is 21.8. The Balaban J connectivity index is 4.28. The fourth-order valence-corrected chi connectivity index (χ4v) is 5.45. The normalized spacial score (nSPS) is 13.1. The van der Waals surface area contributed by atoms with Gasteiger partial charge in [-0.25, -0.2) is 0 Å². The van der Waals surface area contributed by atoms with Crippen molar-refractivity contribution >= 4 is 13.6 Å². The molecule has 1 atom stereocenters. The van der Waals surface area contributed by atoms with E-state index in [-0.39, 0.29) is 11.6 Å². The molecule has 0 radical (unpaired) electrons. The summed E-state index contributed by atoms with van der Waals surface area (Å²) in [7, 11) is -1.62. The SMILES string of the molecule is CCCCCCC(C/C=C\CCCCCCCC(=O)OC)P(=O)(OCC)OCC. The molecule has 5 nitrogen and oxygen atoms in total. The smallest absolute Gasteiger partial charge is 0.334 e. The summed E-state index contributed by atoms with van der Waals surface area (Å²) in [5, 5.41) is 0. The summed E-state index contributed by atoms with van der Waals surface area (Å²) in [4.78, 5) is 11.1. The van der Waals surface area contributed by atoms with Crippen LogP contribution in [0.15, 0.2) is 12.2 Å². The van der Waals surface area contributed by atoms with Gasteiger partial charge in [0.25, 0.3) is 0 Å². The van der Waals surface area contributed by atoms with Crippen LogP contribution in [0.4, 0.5) is 0 Å². The molecule has 0 aliphatic rings. The molecule has 0 aliphatic carbocycles. The molecule has 0 bridgehead atoms. The van der Waals surface area contributed by atoms with E-state index in [1.165, 1.54) is 32.8 Å². The molecular formula is C23H45O5P. The fraction of sp³-hybridized carbons (Fsp3) is 0.870. The number of hydrogen-bond acceptors (Lipinski definition) is 5. The van der Waals surface area contributed by atoms with Crippen molar-refractivity contribution in [2.45, 2.75) is 110 Å². The van der Waals surface area contributed by atoms with E-state index in [2.05, 4.69) is 23.8 Å². The minimum atomic E-state index is -3.05. The number of unbranched alkanes of at least 4 members (excludes halogenated alkanes) is 8. The molecule has 1 unspecified atom stereocenters. The summed E-state index contributed by atoms with van der Waals surface area (Å²) in [5.74, 6) is -0.117. The standard InChI is InChI=1S/C23H45O5P/c1-5-8-9-16-19-22(29(25,27-6-2)28-7-3)20-17-14-12-10-11-13-15-18-21-23(24)26-4/h14,17,22H,5-13,15-16,18-21H2,1-4H3/b17-14-. The molecule has 0 amide bonds. The lowest BCUT2D eigenvalue weighted by atomic mass is 10.1. The third-order valence-corrected chi connectivity index (χ3v) is 7.61. The molecule has 0 aromatic carbocycles. The van der Waals surface area contributed by atoms with E-state index in [4.69, 9.17) is 9.05 Å². The lowest BCUT2D eigenvalue weighted by molar-refractivity contribution is -0.140. The maximum Gasteiger partial charge on any atom is 0.334 e. The van der Waals surface area contributed by atoms with Crippen LogP contribution in [-0.4, -0.2) is 32.0 Å². The minimum Gasteiger partial charge on any atom is -0.469 e. The number of hydrogen-bond donors (Lipinski definition) is 0. The van der Waals surface area contributed by atoms with Gasteiger partial charge in [-0.1, -0.05) is 64.0 Å². The highest BCUT2D eigenvalue weighted by molar-refractivity contribution is 7.54. The summed E-state index contributed by atoms with van der Waals surface area (Å²) in [6.45, 7) is 6.79. The zero-order valence-electron chi connectivity index (χ0n) is 19.3.